The van der Waals surface area contributed by atoms with Crippen molar-refractivity contribution in [1.82, 2.24) is 20.9 Å². The van der Waals surface area contributed by atoms with E-state index in [9.17, 15) is 28.8 Å². The van der Waals surface area contributed by atoms with Gasteiger partial charge in [0, 0.05) is 6.54 Å². The molecule has 2 fully saturated rings. The second kappa shape index (κ2) is 13.6. The molecule has 0 bridgehead atoms. The van der Waals surface area contributed by atoms with Crippen LogP contribution in [-0.4, -0.2) is 71.1 Å². The Hall–Kier alpha value is -3.90. The summed E-state index contributed by atoms with van der Waals surface area (Å²) in [4.78, 5) is 77.5. The van der Waals surface area contributed by atoms with Gasteiger partial charge in [0.25, 0.3) is 5.91 Å². The number of ether oxygens (including phenoxy) is 1. The van der Waals surface area contributed by atoms with E-state index in [1.807, 2.05) is 0 Å². The maximum absolute atomic E-state index is 13.7. The van der Waals surface area contributed by atoms with E-state index in [1.165, 1.54) is 18.1 Å². The minimum absolute atomic E-state index is 0.0897. The maximum atomic E-state index is 13.7. The van der Waals surface area contributed by atoms with Crippen LogP contribution in [0.4, 0.5) is 4.79 Å². The van der Waals surface area contributed by atoms with Crippen molar-refractivity contribution >= 4 is 35.5 Å². The van der Waals surface area contributed by atoms with Crippen molar-refractivity contribution < 1.29 is 37.9 Å². The highest BCUT2D eigenvalue weighted by molar-refractivity contribution is 6.37. The van der Waals surface area contributed by atoms with Crippen molar-refractivity contribution in [3.63, 3.8) is 0 Å². The Morgan fingerprint density at radius 2 is 1.78 bits per heavy atom. The molecule has 1 aliphatic heterocycles. The molecule has 41 heavy (non-hydrogen) atoms. The van der Waals surface area contributed by atoms with Gasteiger partial charge in [0.05, 0.1) is 12.3 Å². The van der Waals surface area contributed by atoms with Crippen LogP contribution < -0.4 is 21.7 Å². The molecule has 1 aromatic rings. The number of hydrogen-bond acceptors (Lipinski definition) is 8. The molecule has 226 valence electrons. The fraction of sp³-hybridized carbons (Fsp3) is 0.643. The van der Waals surface area contributed by atoms with Gasteiger partial charge in [-0.2, -0.15) is 0 Å². The van der Waals surface area contributed by atoms with Crippen LogP contribution >= 0.6 is 0 Å². The van der Waals surface area contributed by atoms with Gasteiger partial charge in [-0.3, -0.25) is 19.2 Å². The van der Waals surface area contributed by atoms with E-state index in [-0.39, 0.29) is 19.1 Å². The van der Waals surface area contributed by atoms with Crippen molar-refractivity contribution in [2.75, 3.05) is 6.54 Å². The van der Waals surface area contributed by atoms with Crippen LogP contribution in [-0.2, 0) is 35.3 Å². The Kier molecular flexibility index (Phi) is 10.5. The zero-order chi connectivity index (χ0) is 30.3. The van der Waals surface area contributed by atoms with Gasteiger partial charge in [-0.05, 0) is 49.7 Å². The Labute approximate surface area is 239 Å². The third-order valence-electron chi connectivity index (χ3n) is 7.53. The average Bonchev–Trinajstić information content (AvgIpc) is 3.58. The second-order valence-electron chi connectivity index (χ2n) is 11.8. The van der Waals surface area contributed by atoms with Gasteiger partial charge >= 0.3 is 12.0 Å². The number of likely N-dealkylation sites (tertiary alicyclic amines) is 1. The van der Waals surface area contributed by atoms with Crippen LogP contribution in [0.1, 0.15) is 72.0 Å². The van der Waals surface area contributed by atoms with Crippen molar-refractivity contribution in [1.29, 1.82) is 0 Å². The topological polar surface area (TPSA) is 190 Å². The number of rotatable bonds is 12. The summed E-state index contributed by atoms with van der Waals surface area (Å²) >= 11 is 0. The van der Waals surface area contributed by atoms with E-state index in [2.05, 4.69) is 16.0 Å². The first-order valence-electron chi connectivity index (χ1n) is 14.0. The van der Waals surface area contributed by atoms with Crippen LogP contribution in [0.25, 0.3) is 0 Å². The second-order valence-corrected chi connectivity index (χ2v) is 11.8. The molecule has 13 nitrogen and oxygen atoms in total. The van der Waals surface area contributed by atoms with Crippen LogP contribution in [0.5, 0.6) is 0 Å². The molecule has 5 N–H and O–H groups in total. The zero-order valence-electron chi connectivity index (χ0n) is 24.1. The van der Waals surface area contributed by atoms with Crippen molar-refractivity contribution in [2.45, 2.75) is 97.0 Å². The first kappa shape index (κ1) is 31.6. The standard InChI is InChI=1S/C28H41N5O8/c1-16(26(38)41-15-18-10-7-13-40-18)30-27(39)32-22(28(2,3)4)25(37)33-12-6-11-20(33)24(36)31-19(21(34)23(29)35)14-17-8-5-9-17/h7,10,13,16-17,19-20,22H,5-6,8-9,11-12,14-15H2,1-4H3,(H2,29,35)(H,31,36)(H2,30,32,39)/t16?,19?,20-,22?/m0/s1. The van der Waals surface area contributed by atoms with E-state index in [0.29, 0.717) is 25.0 Å². The molecule has 3 rings (SSSR count). The molecule has 0 aromatic carbocycles. The van der Waals surface area contributed by atoms with Gasteiger partial charge in [0.15, 0.2) is 0 Å². The number of Topliss-reactive ketones (excluding diaryl/α,β-unsaturated/α-hetero) is 1. The molecular weight excluding hydrogens is 534 g/mol. The van der Waals surface area contributed by atoms with Crippen LogP contribution in [0.3, 0.4) is 0 Å². The molecule has 1 aliphatic carbocycles. The van der Waals surface area contributed by atoms with E-state index >= 15 is 0 Å². The number of urea groups is 1. The maximum Gasteiger partial charge on any atom is 0.328 e. The number of furan rings is 1. The smallest absolute Gasteiger partial charge is 0.328 e. The van der Waals surface area contributed by atoms with Gasteiger partial charge in [0.2, 0.25) is 17.6 Å². The lowest BCUT2D eigenvalue weighted by Crippen LogP contribution is -2.60. The summed E-state index contributed by atoms with van der Waals surface area (Å²) in [6, 6.07) is -1.43. The van der Waals surface area contributed by atoms with Gasteiger partial charge in [0.1, 0.15) is 30.5 Å². The van der Waals surface area contributed by atoms with Gasteiger partial charge in [-0.1, -0.05) is 40.0 Å². The highest BCUT2D eigenvalue weighted by Crippen LogP contribution is 2.31. The summed E-state index contributed by atoms with van der Waals surface area (Å²) in [5.74, 6) is -3.00. The molecule has 3 unspecified atom stereocenters. The molecule has 13 heteroatoms. The number of nitrogens with one attached hydrogen (secondary N) is 3. The highest BCUT2D eigenvalue weighted by atomic mass is 16.5. The summed E-state index contributed by atoms with van der Waals surface area (Å²) in [7, 11) is 0. The molecule has 2 heterocycles. The Bertz CT molecular complexity index is 1130. The molecule has 0 spiro atoms. The number of nitrogens with two attached hydrogens (primary N) is 1. The van der Waals surface area contributed by atoms with Gasteiger partial charge in [-0.15, -0.1) is 0 Å². The first-order chi connectivity index (χ1) is 19.3. The monoisotopic (exact) mass is 575 g/mol. The summed E-state index contributed by atoms with van der Waals surface area (Å²) < 4.78 is 10.3. The lowest BCUT2D eigenvalue weighted by molar-refractivity contribution is -0.147. The number of nitrogens with zero attached hydrogens (tertiary/aromatic N) is 1. The van der Waals surface area contributed by atoms with E-state index in [4.69, 9.17) is 14.9 Å². The minimum Gasteiger partial charge on any atom is -0.466 e. The lowest BCUT2D eigenvalue weighted by Gasteiger charge is -2.36. The summed E-state index contributed by atoms with van der Waals surface area (Å²) in [5.41, 5.74) is 4.46. The summed E-state index contributed by atoms with van der Waals surface area (Å²) in [6.45, 7) is 6.94. The number of carbonyl (C=O) groups is 6. The van der Waals surface area contributed by atoms with Crippen LogP contribution in [0, 0.1) is 11.3 Å². The molecule has 2 aliphatic rings. The normalized spacial score (nSPS) is 19.3. The van der Waals surface area contributed by atoms with Crippen molar-refractivity contribution in [3.05, 3.63) is 24.2 Å². The third-order valence-corrected chi connectivity index (χ3v) is 7.53. The fourth-order valence-electron chi connectivity index (χ4n) is 4.94. The van der Waals surface area contributed by atoms with E-state index < -0.39 is 65.1 Å². The largest absolute Gasteiger partial charge is 0.466 e. The minimum atomic E-state index is -1.11. The van der Waals surface area contributed by atoms with Crippen LogP contribution in [0.15, 0.2) is 22.8 Å². The number of ketones is 1. The Balaban J connectivity index is 1.63. The predicted octanol–water partition coefficient (Wildman–Crippen LogP) is 1.15. The first-order valence-corrected chi connectivity index (χ1v) is 14.0. The molecule has 0 radical (unpaired) electrons. The lowest BCUT2D eigenvalue weighted by atomic mass is 9.80. The van der Waals surface area contributed by atoms with E-state index in [0.717, 1.165) is 19.3 Å². The summed E-state index contributed by atoms with van der Waals surface area (Å²) in [6.07, 6.45) is 5.53. The molecule has 1 aromatic heterocycles. The molecular formula is C28H41N5O8. The number of carbonyl (C=O) groups excluding carboxylic acids is 6. The fourth-order valence-corrected chi connectivity index (χ4v) is 4.94. The third kappa shape index (κ3) is 8.54. The van der Waals surface area contributed by atoms with Crippen molar-refractivity contribution in [2.24, 2.45) is 17.1 Å². The Morgan fingerprint density at radius 3 is 2.34 bits per heavy atom. The molecule has 1 saturated heterocycles. The van der Waals surface area contributed by atoms with Gasteiger partial charge < -0.3 is 35.7 Å². The Morgan fingerprint density at radius 1 is 1.07 bits per heavy atom. The SMILES string of the molecule is CC(NC(=O)NC(C(=O)N1CCC[C@H]1C(=O)NC(CC1CCC1)C(=O)C(N)=O)C(C)(C)C)C(=O)OCc1ccco1. The van der Waals surface area contributed by atoms with Crippen LogP contribution in [0.2, 0.25) is 0 Å². The number of hydrogen-bond donors (Lipinski definition) is 4. The zero-order valence-corrected chi connectivity index (χ0v) is 24.1. The highest BCUT2D eigenvalue weighted by Gasteiger charge is 2.43. The molecule has 5 amide bonds. The predicted molar refractivity (Wildman–Crippen MR) is 146 cm³/mol. The molecule has 4 atom stereocenters. The quantitative estimate of drug-likeness (QED) is 0.211. The van der Waals surface area contributed by atoms with Gasteiger partial charge in [-0.25, -0.2) is 9.59 Å². The number of esters is 1. The number of amides is 5. The average molecular weight is 576 g/mol. The molecule has 1 saturated carbocycles. The van der Waals surface area contributed by atoms with Crippen molar-refractivity contribution in [3.8, 4) is 0 Å². The summed E-state index contributed by atoms with van der Waals surface area (Å²) in [5, 5.41) is 7.79. The number of primary amides is 1. The van der Waals surface area contributed by atoms with E-state index in [1.54, 1.807) is 32.9 Å².